The molecule has 2 atom stereocenters. The molecule has 1 aliphatic rings. The highest BCUT2D eigenvalue weighted by molar-refractivity contribution is 8.26. The highest BCUT2D eigenvalue weighted by Gasteiger charge is 2.29. The smallest absolute Gasteiger partial charge is 0.252 e. The maximum Gasteiger partial charge on any atom is 0.252 e. The molecule has 0 aliphatic heterocycles. The van der Waals surface area contributed by atoms with Crippen LogP contribution >= 0.6 is 23.1 Å². The van der Waals surface area contributed by atoms with E-state index in [4.69, 9.17) is 16.9 Å². The second-order valence-electron chi connectivity index (χ2n) is 6.59. The fraction of sp³-hybridized carbons (Fsp3) is 0.389. The number of aliphatic imine (C=N–C) groups is 1. The van der Waals surface area contributed by atoms with E-state index in [1.807, 2.05) is 30.3 Å². The van der Waals surface area contributed by atoms with Crippen molar-refractivity contribution in [3.8, 4) is 0 Å². The van der Waals surface area contributed by atoms with Crippen molar-refractivity contribution >= 4 is 44.3 Å². The zero-order chi connectivity index (χ0) is 19.2. The van der Waals surface area contributed by atoms with E-state index < -0.39 is 0 Å². The quantitative estimate of drug-likeness (QED) is 0.520. The first kappa shape index (κ1) is 19.5. The molecule has 7 nitrogen and oxygen atoms in total. The van der Waals surface area contributed by atoms with Gasteiger partial charge in [-0.25, -0.2) is 0 Å². The molecule has 0 unspecified atom stereocenters. The molecule has 1 aromatic heterocycles. The molecule has 1 amide bonds. The molecule has 1 saturated carbocycles. The molecule has 0 bridgehead atoms. The Labute approximate surface area is 166 Å². The van der Waals surface area contributed by atoms with Crippen LogP contribution in [0.5, 0.6) is 0 Å². The third-order valence-electron chi connectivity index (χ3n) is 4.51. The molecule has 142 valence electrons. The largest absolute Gasteiger partial charge is 0.378 e. The van der Waals surface area contributed by atoms with Gasteiger partial charge in [0.2, 0.25) is 5.13 Å². The Balaban J connectivity index is 1.47. The lowest BCUT2D eigenvalue weighted by atomic mass is 10.0. The summed E-state index contributed by atoms with van der Waals surface area (Å²) in [6.07, 6.45) is 3.96. The molecule has 3 rings (SSSR count). The van der Waals surface area contributed by atoms with Crippen LogP contribution in [0.2, 0.25) is 0 Å². The SMILES string of the molecule is N=C(SC(N)=NC(=O)Cc1ccccc1)[C@H]1CC[C@@H](Cc2nnc(N)s2)C1. The number of hydrogen-bond donors (Lipinski definition) is 3. The minimum absolute atomic E-state index is 0.140. The number of thioether (sulfide) groups is 1. The summed E-state index contributed by atoms with van der Waals surface area (Å²) < 4.78 is 0. The van der Waals surface area contributed by atoms with Crippen LogP contribution in [0.15, 0.2) is 35.3 Å². The van der Waals surface area contributed by atoms with E-state index in [9.17, 15) is 4.79 Å². The zero-order valence-electron chi connectivity index (χ0n) is 14.8. The van der Waals surface area contributed by atoms with E-state index in [1.54, 1.807) is 0 Å². The Hall–Kier alpha value is -2.26. The number of nitrogens with zero attached hydrogens (tertiary/aromatic N) is 3. The predicted molar refractivity (Wildman–Crippen MR) is 111 cm³/mol. The number of anilines is 1. The van der Waals surface area contributed by atoms with E-state index in [1.165, 1.54) is 11.3 Å². The lowest BCUT2D eigenvalue weighted by molar-refractivity contribution is -0.117. The molecule has 9 heteroatoms. The third-order valence-corrected chi connectivity index (χ3v) is 6.13. The predicted octanol–water partition coefficient (Wildman–Crippen LogP) is 2.87. The molecule has 5 N–H and O–H groups in total. The number of benzene rings is 1. The summed E-state index contributed by atoms with van der Waals surface area (Å²) in [5.74, 6) is 0.335. The number of nitrogens with two attached hydrogens (primary N) is 2. The summed E-state index contributed by atoms with van der Waals surface area (Å²) in [5, 5.41) is 18.3. The van der Waals surface area contributed by atoms with Gasteiger partial charge in [0.25, 0.3) is 5.91 Å². The summed E-state index contributed by atoms with van der Waals surface area (Å²) in [6, 6.07) is 9.42. The minimum Gasteiger partial charge on any atom is -0.378 e. The Bertz CT molecular complexity index is 835. The van der Waals surface area contributed by atoms with E-state index >= 15 is 0 Å². The van der Waals surface area contributed by atoms with Crippen LogP contribution in [-0.2, 0) is 17.6 Å². The second-order valence-corrected chi connectivity index (χ2v) is 8.74. The molecule has 27 heavy (non-hydrogen) atoms. The lowest BCUT2D eigenvalue weighted by Crippen LogP contribution is -2.17. The molecule has 2 aromatic rings. The number of nitrogen functional groups attached to an aromatic ring is 1. The van der Waals surface area contributed by atoms with Gasteiger partial charge >= 0.3 is 0 Å². The number of hydrogen-bond acceptors (Lipinski definition) is 7. The fourth-order valence-electron chi connectivity index (χ4n) is 3.25. The number of carbonyl (C=O) groups excluding carboxylic acids is 1. The first-order chi connectivity index (χ1) is 13.0. The van der Waals surface area contributed by atoms with Gasteiger partial charge in [0.15, 0.2) is 5.17 Å². The first-order valence-corrected chi connectivity index (χ1v) is 10.4. The summed E-state index contributed by atoms with van der Waals surface area (Å²) in [4.78, 5) is 15.9. The molecule has 1 aromatic carbocycles. The van der Waals surface area contributed by atoms with E-state index in [-0.39, 0.29) is 23.4 Å². The van der Waals surface area contributed by atoms with E-state index in [0.717, 1.165) is 48.0 Å². The number of rotatable bonds is 5. The average Bonchev–Trinajstić information content (AvgIpc) is 3.25. The van der Waals surface area contributed by atoms with Gasteiger partial charge in [0, 0.05) is 12.3 Å². The van der Waals surface area contributed by atoms with Gasteiger partial charge in [0.05, 0.1) is 11.5 Å². The molecule has 0 radical (unpaired) electrons. The van der Waals surface area contributed by atoms with Crippen LogP contribution in [0, 0.1) is 17.2 Å². The number of amidine groups is 1. The summed E-state index contributed by atoms with van der Waals surface area (Å²) in [6.45, 7) is 0. The molecule has 1 fully saturated rings. The van der Waals surface area contributed by atoms with Gasteiger partial charge in [-0.2, -0.15) is 4.99 Å². The van der Waals surface area contributed by atoms with Crippen molar-refractivity contribution in [1.82, 2.24) is 10.2 Å². The summed E-state index contributed by atoms with van der Waals surface area (Å²) in [5.41, 5.74) is 12.4. The van der Waals surface area contributed by atoms with Crippen molar-refractivity contribution in [3.63, 3.8) is 0 Å². The lowest BCUT2D eigenvalue weighted by Gasteiger charge is -2.11. The number of aromatic nitrogens is 2. The average molecular weight is 403 g/mol. The van der Waals surface area contributed by atoms with Gasteiger partial charge in [0.1, 0.15) is 5.01 Å². The van der Waals surface area contributed by atoms with Crippen LogP contribution < -0.4 is 11.5 Å². The Morgan fingerprint density at radius 2 is 2.07 bits per heavy atom. The number of amides is 1. The van der Waals surface area contributed by atoms with Crippen molar-refractivity contribution in [3.05, 3.63) is 40.9 Å². The van der Waals surface area contributed by atoms with E-state index in [0.29, 0.717) is 16.1 Å². The molecular weight excluding hydrogens is 380 g/mol. The van der Waals surface area contributed by atoms with Crippen LogP contribution in [0.1, 0.15) is 29.8 Å². The Kier molecular flexibility index (Phi) is 6.57. The van der Waals surface area contributed by atoms with Crippen LogP contribution in [-0.4, -0.2) is 26.3 Å². The highest BCUT2D eigenvalue weighted by Crippen LogP contribution is 2.36. The van der Waals surface area contributed by atoms with Crippen LogP contribution in [0.3, 0.4) is 0 Å². The number of nitrogens with one attached hydrogen (secondary N) is 1. The molecule has 1 aliphatic carbocycles. The Morgan fingerprint density at radius 1 is 1.30 bits per heavy atom. The molecule has 0 spiro atoms. The third kappa shape index (κ3) is 5.86. The van der Waals surface area contributed by atoms with Crippen molar-refractivity contribution in [1.29, 1.82) is 5.41 Å². The topological polar surface area (TPSA) is 131 Å². The molecule has 1 heterocycles. The van der Waals surface area contributed by atoms with Crippen molar-refractivity contribution in [2.45, 2.75) is 32.1 Å². The van der Waals surface area contributed by atoms with Gasteiger partial charge in [-0.05, 0) is 42.5 Å². The fourth-order valence-corrected chi connectivity index (χ4v) is 4.72. The van der Waals surface area contributed by atoms with Gasteiger partial charge in [-0.1, -0.05) is 41.7 Å². The summed E-state index contributed by atoms with van der Waals surface area (Å²) >= 11 is 2.52. The highest BCUT2D eigenvalue weighted by atomic mass is 32.2. The second kappa shape index (κ2) is 9.09. The summed E-state index contributed by atoms with van der Waals surface area (Å²) in [7, 11) is 0. The van der Waals surface area contributed by atoms with Crippen LogP contribution in [0.4, 0.5) is 5.13 Å². The molecular formula is C18H22N6OS2. The normalized spacial score (nSPS) is 19.9. The van der Waals surface area contributed by atoms with Gasteiger partial charge in [-0.3, -0.25) is 10.2 Å². The van der Waals surface area contributed by atoms with Crippen molar-refractivity contribution < 1.29 is 4.79 Å². The number of carbonyl (C=O) groups is 1. The zero-order valence-corrected chi connectivity index (χ0v) is 16.4. The first-order valence-electron chi connectivity index (χ1n) is 8.74. The standard InChI is InChI=1S/C18H22N6OS2/c19-16(13-7-6-12(8-13)10-15-23-24-18(21)26-15)27-17(20)22-14(25)9-11-4-2-1-3-5-11/h1-5,12-13,19H,6-10H2,(H2,21,24)(H2,20,22,25)/t12-,13+/m1/s1. The van der Waals surface area contributed by atoms with Gasteiger partial charge < -0.3 is 11.5 Å². The van der Waals surface area contributed by atoms with Gasteiger partial charge in [-0.15, -0.1) is 10.2 Å². The van der Waals surface area contributed by atoms with Crippen LogP contribution in [0.25, 0.3) is 0 Å². The molecule has 0 saturated heterocycles. The monoisotopic (exact) mass is 402 g/mol. The van der Waals surface area contributed by atoms with Crippen molar-refractivity contribution in [2.24, 2.45) is 22.6 Å². The maximum atomic E-state index is 12.0. The minimum atomic E-state index is -0.294. The maximum absolute atomic E-state index is 12.0. The van der Waals surface area contributed by atoms with E-state index in [2.05, 4.69) is 15.2 Å². The van der Waals surface area contributed by atoms with Crippen molar-refractivity contribution in [2.75, 3.05) is 5.73 Å². The Morgan fingerprint density at radius 3 is 2.78 bits per heavy atom.